The van der Waals surface area contributed by atoms with Gasteiger partial charge in [-0.3, -0.25) is 9.08 Å². The summed E-state index contributed by atoms with van der Waals surface area (Å²) in [6.45, 7) is 8.18. The van der Waals surface area contributed by atoms with Crippen LogP contribution in [0.3, 0.4) is 0 Å². The molecule has 4 rings (SSSR count). The molecule has 0 aliphatic heterocycles. The summed E-state index contributed by atoms with van der Waals surface area (Å²) in [4.78, 5) is 33.1. The number of esters is 1. The van der Waals surface area contributed by atoms with E-state index in [9.17, 15) is 22.8 Å². The maximum absolute atomic E-state index is 13.8. The molecule has 0 saturated carbocycles. The molecule has 1 aromatic carbocycles. The molecule has 0 spiro atoms. The molecule has 0 saturated heterocycles. The molecular formula is C30H30F3N5O6. The Kier molecular flexibility index (Phi) is 9.17. The number of aromatic nitrogens is 5. The van der Waals surface area contributed by atoms with Gasteiger partial charge in [-0.05, 0) is 57.9 Å². The number of benzene rings is 1. The smallest absolute Gasteiger partial charge is 0.455 e. The quantitative estimate of drug-likeness (QED) is 0.163. The van der Waals surface area contributed by atoms with Gasteiger partial charge in [-0.2, -0.15) is 18.3 Å². The van der Waals surface area contributed by atoms with Crippen LogP contribution in [0, 0.1) is 12.3 Å². The molecule has 1 atom stereocenters. The molecule has 0 radical (unpaired) electrons. The van der Waals surface area contributed by atoms with Crippen molar-refractivity contribution in [2.75, 3.05) is 6.61 Å². The molecule has 4 aromatic rings. The lowest BCUT2D eigenvalue weighted by atomic mass is 10.0. The summed E-state index contributed by atoms with van der Waals surface area (Å²) >= 11 is 0. The zero-order valence-electron chi connectivity index (χ0n) is 24.6. The van der Waals surface area contributed by atoms with Crippen LogP contribution in [0.1, 0.15) is 56.2 Å². The number of halogens is 3. The number of terminal acetylenes is 1. The predicted octanol–water partition coefficient (Wildman–Crippen LogP) is 6.10. The van der Waals surface area contributed by atoms with Gasteiger partial charge in [0.05, 0.1) is 23.0 Å². The lowest BCUT2D eigenvalue weighted by Gasteiger charge is -2.20. The third kappa shape index (κ3) is 7.47. The van der Waals surface area contributed by atoms with Crippen molar-refractivity contribution in [1.29, 1.82) is 0 Å². The van der Waals surface area contributed by atoms with E-state index in [0.29, 0.717) is 17.7 Å². The van der Waals surface area contributed by atoms with Gasteiger partial charge in [0.2, 0.25) is 5.65 Å². The highest BCUT2D eigenvalue weighted by Crippen LogP contribution is 2.37. The summed E-state index contributed by atoms with van der Waals surface area (Å²) in [5.74, 6) is 1.97. The molecule has 0 aliphatic rings. The van der Waals surface area contributed by atoms with Crippen LogP contribution < -0.4 is 4.74 Å². The molecule has 0 amide bonds. The highest BCUT2D eigenvalue weighted by molar-refractivity contribution is 5.91. The Hall–Kier alpha value is -5.06. The largest absolute Gasteiger partial charge is 0.508 e. The highest BCUT2D eigenvalue weighted by atomic mass is 19.4. The van der Waals surface area contributed by atoms with Crippen molar-refractivity contribution in [2.24, 2.45) is 0 Å². The monoisotopic (exact) mass is 613 g/mol. The Morgan fingerprint density at radius 1 is 1.16 bits per heavy atom. The Bertz CT molecular complexity index is 1710. The molecular weight excluding hydrogens is 583 g/mol. The zero-order chi connectivity index (χ0) is 32.2. The summed E-state index contributed by atoms with van der Waals surface area (Å²) in [7, 11) is 0. The SMILES string of the molecule is C#CCn1cc(-c2cnc3c(Oc4ccc(C(=O)O[C@H](C)COC(=O)OC(C)(C)C)c(CC)c4)nccn23)c(C(F)(F)F)n1. The van der Waals surface area contributed by atoms with Crippen molar-refractivity contribution in [3.8, 4) is 35.2 Å². The van der Waals surface area contributed by atoms with Crippen LogP contribution in [-0.2, 0) is 33.4 Å². The minimum atomic E-state index is -4.73. The number of imidazole rings is 1. The van der Waals surface area contributed by atoms with Crippen LogP contribution >= 0.6 is 0 Å². The second-order valence-corrected chi connectivity index (χ2v) is 10.6. The van der Waals surface area contributed by atoms with Crippen molar-refractivity contribution in [3.63, 3.8) is 0 Å². The van der Waals surface area contributed by atoms with Crippen molar-refractivity contribution < 1.29 is 41.7 Å². The van der Waals surface area contributed by atoms with Crippen molar-refractivity contribution >= 4 is 17.8 Å². The molecule has 14 heteroatoms. The third-order valence-electron chi connectivity index (χ3n) is 5.98. The van der Waals surface area contributed by atoms with Crippen molar-refractivity contribution in [2.45, 2.75) is 65.5 Å². The van der Waals surface area contributed by atoms with Gasteiger partial charge in [0.15, 0.2) is 5.69 Å². The summed E-state index contributed by atoms with van der Waals surface area (Å²) in [6, 6.07) is 4.67. The Morgan fingerprint density at radius 2 is 1.91 bits per heavy atom. The number of hydrogen-bond donors (Lipinski definition) is 0. The standard InChI is InChI=1S/C30H30F3N5O6/c1-7-12-37-16-22(24(36-37)30(31,32)33)23-15-35-25-26(34-11-13-38(23)25)43-20-9-10-21(19(8-2)14-20)27(39)42-18(3)17-41-28(40)44-29(4,5)6/h1,9-11,13-16,18H,8,12,17H2,2-6H3/t18-/m1/s1. The second kappa shape index (κ2) is 12.7. The second-order valence-electron chi connectivity index (χ2n) is 10.6. The average Bonchev–Trinajstić information content (AvgIpc) is 3.56. The fraction of sp³-hybridized carbons (Fsp3) is 0.367. The first kappa shape index (κ1) is 31.9. The molecule has 0 aliphatic carbocycles. The van der Waals surface area contributed by atoms with Gasteiger partial charge >= 0.3 is 18.3 Å². The van der Waals surface area contributed by atoms with E-state index >= 15 is 0 Å². The van der Waals surface area contributed by atoms with Crippen molar-refractivity contribution in [1.82, 2.24) is 24.1 Å². The Labute approximate surface area is 250 Å². The van der Waals surface area contributed by atoms with Crippen molar-refractivity contribution in [3.05, 3.63) is 59.8 Å². The number of fused-ring (bicyclic) bond motifs is 1. The number of alkyl halides is 3. The van der Waals surface area contributed by atoms with Crippen LogP contribution in [0.25, 0.3) is 16.9 Å². The zero-order valence-corrected chi connectivity index (χ0v) is 24.6. The summed E-state index contributed by atoms with van der Waals surface area (Å²) in [5, 5.41) is 3.61. The minimum absolute atomic E-state index is 0.0219. The van der Waals surface area contributed by atoms with Gasteiger partial charge in [0.25, 0.3) is 5.88 Å². The summed E-state index contributed by atoms with van der Waals surface area (Å²) in [6.07, 6.45) is 4.64. The van der Waals surface area contributed by atoms with E-state index in [0.717, 1.165) is 4.68 Å². The van der Waals surface area contributed by atoms with E-state index in [1.165, 1.54) is 41.3 Å². The molecule has 11 nitrogen and oxygen atoms in total. The van der Waals surface area contributed by atoms with E-state index in [1.54, 1.807) is 33.8 Å². The Balaban J connectivity index is 1.53. The fourth-order valence-electron chi connectivity index (χ4n) is 4.14. The van der Waals surface area contributed by atoms with Gasteiger partial charge in [0.1, 0.15) is 30.6 Å². The fourth-order valence-corrected chi connectivity index (χ4v) is 4.14. The number of nitrogens with zero attached hydrogens (tertiary/aromatic N) is 5. The number of hydrogen-bond acceptors (Lipinski definition) is 9. The number of carbonyl (C=O) groups is 2. The molecule has 0 unspecified atom stereocenters. The van der Waals surface area contributed by atoms with E-state index in [4.69, 9.17) is 25.4 Å². The maximum atomic E-state index is 13.8. The van der Waals surface area contributed by atoms with E-state index in [-0.39, 0.29) is 41.5 Å². The molecule has 44 heavy (non-hydrogen) atoms. The molecule has 232 valence electrons. The third-order valence-corrected chi connectivity index (χ3v) is 5.98. The predicted molar refractivity (Wildman–Crippen MR) is 151 cm³/mol. The number of aryl methyl sites for hydroxylation is 1. The number of carbonyl (C=O) groups excluding carboxylic acids is 2. The van der Waals surface area contributed by atoms with Crippen LogP contribution in [0.2, 0.25) is 0 Å². The van der Waals surface area contributed by atoms with E-state index in [2.05, 4.69) is 21.0 Å². The van der Waals surface area contributed by atoms with Crippen LogP contribution in [0.4, 0.5) is 18.0 Å². The molecule has 0 N–H and O–H groups in total. The van der Waals surface area contributed by atoms with Gasteiger partial charge in [-0.15, -0.1) is 6.42 Å². The normalized spacial score (nSPS) is 12.4. The highest BCUT2D eigenvalue weighted by Gasteiger charge is 2.38. The van der Waals surface area contributed by atoms with Crippen LogP contribution in [0.5, 0.6) is 11.6 Å². The first-order chi connectivity index (χ1) is 20.7. The maximum Gasteiger partial charge on any atom is 0.508 e. The lowest BCUT2D eigenvalue weighted by molar-refractivity contribution is -0.141. The number of ether oxygens (including phenoxy) is 4. The first-order valence-electron chi connectivity index (χ1n) is 13.5. The topological polar surface area (TPSA) is 119 Å². The summed E-state index contributed by atoms with van der Waals surface area (Å²) in [5.41, 5.74) is -0.892. The molecule has 3 aromatic heterocycles. The summed E-state index contributed by atoms with van der Waals surface area (Å²) < 4.78 is 65.2. The van der Waals surface area contributed by atoms with E-state index in [1.807, 2.05) is 6.92 Å². The Morgan fingerprint density at radius 3 is 2.57 bits per heavy atom. The first-order valence-corrected chi connectivity index (χ1v) is 13.5. The number of rotatable bonds is 9. The van der Waals surface area contributed by atoms with Gasteiger partial charge in [-0.1, -0.05) is 12.8 Å². The van der Waals surface area contributed by atoms with Crippen LogP contribution in [0.15, 0.2) is 43.0 Å². The minimum Gasteiger partial charge on any atom is -0.455 e. The molecule has 0 bridgehead atoms. The van der Waals surface area contributed by atoms with Gasteiger partial charge < -0.3 is 18.9 Å². The van der Waals surface area contributed by atoms with Crippen LogP contribution in [-0.4, -0.2) is 54.6 Å². The lowest BCUT2D eigenvalue weighted by Crippen LogP contribution is -2.28. The molecule has 0 fully saturated rings. The molecule has 3 heterocycles. The van der Waals surface area contributed by atoms with Gasteiger partial charge in [-0.25, -0.2) is 19.6 Å². The van der Waals surface area contributed by atoms with E-state index < -0.39 is 35.7 Å². The average molecular weight is 614 g/mol. The van der Waals surface area contributed by atoms with Gasteiger partial charge in [0, 0.05) is 18.6 Å².